The van der Waals surface area contributed by atoms with Gasteiger partial charge in [-0.1, -0.05) is 29.9 Å². The highest BCUT2D eigenvalue weighted by Crippen LogP contribution is 2.21. The minimum absolute atomic E-state index is 0.0221. The SMILES string of the molecule is CCCn1c(=NC(=O)COc2ccc(Cl)cc2)sc2cc(S(N)(=O)=O)ccc21. The van der Waals surface area contributed by atoms with Crippen LogP contribution in [-0.2, 0) is 21.4 Å². The largest absolute Gasteiger partial charge is 0.484 e. The zero-order chi connectivity index (χ0) is 20.3. The van der Waals surface area contributed by atoms with Crippen molar-refractivity contribution in [2.24, 2.45) is 10.1 Å². The predicted molar refractivity (Wildman–Crippen MR) is 109 cm³/mol. The summed E-state index contributed by atoms with van der Waals surface area (Å²) in [5, 5.41) is 5.78. The lowest BCUT2D eigenvalue weighted by Crippen LogP contribution is -2.19. The Morgan fingerprint density at radius 1 is 1.25 bits per heavy atom. The molecule has 1 amide bonds. The van der Waals surface area contributed by atoms with Crippen LogP contribution in [0.3, 0.4) is 0 Å². The van der Waals surface area contributed by atoms with E-state index in [-0.39, 0.29) is 11.5 Å². The van der Waals surface area contributed by atoms with Gasteiger partial charge in [0.25, 0.3) is 5.91 Å². The summed E-state index contributed by atoms with van der Waals surface area (Å²) in [7, 11) is -3.81. The Hall–Kier alpha value is -2.20. The smallest absolute Gasteiger partial charge is 0.286 e. The second-order valence-corrected chi connectivity index (χ2v) is 8.97. The molecule has 148 valence electrons. The fraction of sp³-hybridized carbons (Fsp3) is 0.222. The van der Waals surface area contributed by atoms with Crippen LogP contribution in [0.15, 0.2) is 52.4 Å². The van der Waals surface area contributed by atoms with Gasteiger partial charge in [-0.05, 0) is 48.9 Å². The molecule has 0 saturated heterocycles. The first-order valence-corrected chi connectivity index (χ1v) is 11.1. The molecule has 0 aliphatic heterocycles. The van der Waals surface area contributed by atoms with Gasteiger partial charge in [0.2, 0.25) is 10.0 Å². The lowest BCUT2D eigenvalue weighted by atomic mass is 10.3. The minimum atomic E-state index is -3.81. The number of halogens is 1. The lowest BCUT2D eigenvalue weighted by molar-refractivity contribution is -0.120. The van der Waals surface area contributed by atoms with Crippen LogP contribution in [0, 0.1) is 0 Å². The van der Waals surface area contributed by atoms with Crippen molar-refractivity contribution in [3.05, 3.63) is 52.3 Å². The molecule has 3 rings (SSSR count). The van der Waals surface area contributed by atoms with Crippen molar-refractivity contribution in [3.63, 3.8) is 0 Å². The monoisotopic (exact) mass is 439 g/mol. The first kappa shape index (κ1) is 20.5. The van der Waals surface area contributed by atoms with Crippen molar-refractivity contribution in [2.45, 2.75) is 24.8 Å². The molecule has 0 radical (unpaired) electrons. The van der Waals surface area contributed by atoms with E-state index in [1.807, 2.05) is 11.5 Å². The van der Waals surface area contributed by atoms with Crippen molar-refractivity contribution in [1.82, 2.24) is 4.57 Å². The predicted octanol–water partition coefficient (Wildman–Crippen LogP) is 2.92. The number of ether oxygens (including phenoxy) is 1. The van der Waals surface area contributed by atoms with Crippen molar-refractivity contribution >= 4 is 49.1 Å². The van der Waals surface area contributed by atoms with Gasteiger partial charge in [0.15, 0.2) is 11.4 Å². The number of amides is 1. The van der Waals surface area contributed by atoms with E-state index in [1.165, 1.54) is 23.5 Å². The average molecular weight is 440 g/mol. The van der Waals surface area contributed by atoms with Crippen LogP contribution < -0.4 is 14.7 Å². The molecule has 0 bridgehead atoms. The normalized spacial score (nSPS) is 12.5. The van der Waals surface area contributed by atoms with E-state index in [9.17, 15) is 13.2 Å². The van der Waals surface area contributed by atoms with E-state index in [0.717, 1.165) is 11.9 Å². The summed E-state index contributed by atoms with van der Waals surface area (Å²) < 4.78 is 31.2. The van der Waals surface area contributed by atoms with E-state index in [1.54, 1.807) is 30.3 Å². The summed E-state index contributed by atoms with van der Waals surface area (Å²) >= 11 is 7.05. The van der Waals surface area contributed by atoms with Crippen molar-refractivity contribution < 1.29 is 17.9 Å². The summed E-state index contributed by atoms with van der Waals surface area (Å²) in [4.78, 5) is 16.9. The number of sulfonamides is 1. The molecule has 0 aliphatic rings. The van der Waals surface area contributed by atoms with Crippen LogP contribution in [0.4, 0.5) is 0 Å². The molecule has 0 unspecified atom stereocenters. The Bertz CT molecular complexity index is 1180. The Balaban J connectivity index is 1.92. The van der Waals surface area contributed by atoms with Gasteiger partial charge in [0.1, 0.15) is 5.75 Å². The van der Waals surface area contributed by atoms with Crippen molar-refractivity contribution in [1.29, 1.82) is 0 Å². The van der Waals surface area contributed by atoms with Gasteiger partial charge in [-0.15, -0.1) is 0 Å². The van der Waals surface area contributed by atoms with Crippen LogP contribution in [-0.4, -0.2) is 25.5 Å². The van der Waals surface area contributed by atoms with E-state index < -0.39 is 15.9 Å². The number of nitrogens with zero attached hydrogens (tertiary/aromatic N) is 2. The molecule has 1 aromatic heterocycles. The highest BCUT2D eigenvalue weighted by Gasteiger charge is 2.13. The van der Waals surface area contributed by atoms with E-state index in [2.05, 4.69) is 4.99 Å². The Morgan fingerprint density at radius 3 is 2.61 bits per heavy atom. The van der Waals surface area contributed by atoms with E-state index in [4.69, 9.17) is 21.5 Å². The molecule has 28 heavy (non-hydrogen) atoms. The van der Waals surface area contributed by atoms with Crippen molar-refractivity contribution in [3.8, 4) is 5.75 Å². The maximum atomic E-state index is 12.3. The lowest BCUT2D eigenvalue weighted by Gasteiger charge is -2.04. The molecule has 0 spiro atoms. The zero-order valence-corrected chi connectivity index (χ0v) is 17.4. The average Bonchev–Trinajstić information content (AvgIpc) is 2.97. The molecule has 0 fully saturated rings. The zero-order valence-electron chi connectivity index (χ0n) is 15.0. The second-order valence-electron chi connectivity index (χ2n) is 5.96. The molecule has 10 heteroatoms. The molecule has 2 aromatic carbocycles. The number of rotatable bonds is 6. The molecule has 0 aliphatic carbocycles. The molecular formula is C18H18ClN3O4S2. The van der Waals surface area contributed by atoms with Gasteiger partial charge in [0.05, 0.1) is 15.1 Å². The first-order chi connectivity index (χ1) is 13.3. The first-order valence-electron chi connectivity index (χ1n) is 8.40. The Morgan fingerprint density at radius 2 is 1.96 bits per heavy atom. The summed E-state index contributed by atoms with van der Waals surface area (Å²) in [6.07, 6.45) is 0.825. The summed E-state index contributed by atoms with van der Waals surface area (Å²) in [6, 6.07) is 11.3. The molecule has 0 saturated carbocycles. The summed E-state index contributed by atoms with van der Waals surface area (Å²) in [5.41, 5.74) is 0.796. The number of aryl methyl sites for hydroxylation is 1. The Labute approximate surface area is 171 Å². The summed E-state index contributed by atoms with van der Waals surface area (Å²) in [6.45, 7) is 2.42. The molecule has 7 nitrogen and oxygen atoms in total. The number of hydrogen-bond donors (Lipinski definition) is 1. The molecule has 3 aromatic rings. The maximum absolute atomic E-state index is 12.3. The molecule has 0 atom stereocenters. The highest BCUT2D eigenvalue weighted by atomic mass is 35.5. The number of primary sulfonamides is 1. The van der Waals surface area contributed by atoms with Gasteiger partial charge >= 0.3 is 0 Å². The fourth-order valence-electron chi connectivity index (χ4n) is 2.57. The second kappa shape index (κ2) is 8.44. The number of fused-ring (bicyclic) bond motifs is 1. The number of hydrogen-bond acceptors (Lipinski definition) is 5. The number of nitrogens with two attached hydrogens (primary N) is 1. The van der Waals surface area contributed by atoms with Gasteiger partial charge in [-0.3, -0.25) is 4.79 Å². The van der Waals surface area contributed by atoms with Crippen molar-refractivity contribution in [2.75, 3.05) is 6.61 Å². The standard InChI is InChI=1S/C18H18ClN3O4S2/c1-2-9-22-15-8-7-14(28(20,24)25)10-16(15)27-18(22)21-17(23)11-26-13-5-3-12(19)4-6-13/h3-8,10H,2,9,11H2,1H3,(H2,20,24,25). The number of carbonyl (C=O) groups is 1. The quantitative estimate of drug-likeness (QED) is 0.637. The Kier molecular flexibility index (Phi) is 6.19. The number of aromatic nitrogens is 1. The van der Waals surface area contributed by atoms with Crippen LogP contribution in [0.25, 0.3) is 10.2 Å². The third kappa shape index (κ3) is 4.79. The third-order valence-corrected chi connectivity index (χ3v) is 6.03. The summed E-state index contributed by atoms with van der Waals surface area (Å²) in [5.74, 6) is 0.0709. The maximum Gasteiger partial charge on any atom is 0.286 e. The van der Waals surface area contributed by atoms with Gasteiger partial charge in [0, 0.05) is 11.6 Å². The molecule has 1 heterocycles. The van der Waals surface area contributed by atoms with Crippen LogP contribution in [0.5, 0.6) is 5.75 Å². The van der Waals surface area contributed by atoms with Crippen LogP contribution in [0.1, 0.15) is 13.3 Å². The van der Waals surface area contributed by atoms with E-state index >= 15 is 0 Å². The van der Waals surface area contributed by atoms with Gasteiger partial charge in [-0.2, -0.15) is 4.99 Å². The van der Waals surface area contributed by atoms with Crippen LogP contribution in [0.2, 0.25) is 5.02 Å². The number of benzene rings is 2. The highest BCUT2D eigenvalue weighted by molar-refractivity contribution is 7.89. The number of carbonyl (C=O) groups excluding carboxylic acids is 1. The van der Waals surface area contributed by atoms with Gasteiger partial charge in [-0.25, -0.2) is 13.6 Å². The third-order valence-electron chi connectivity index (χ3n) is 3.83. The molecule has 2 N–H and O–H groups in total. The molecular weight excluding hydrogens is 422 g/mol. The fourth-order valence-corrected chi connectivity index (χ4v) is 4.42. The van der Waals surface area contributed by atoms with Gasteiger partial charge < -0.3 is 9.30 Å². The van der Waals surface area contributed by atoms with Crippen LogP contribution >= 0.6 is 22.9 Å². The minimum Gasteiger partial charge on any atom is -0.484 e. The number of thiazole rings is 1. The topological polar surface area (TPSA) is 104 Å². The van der Waals surface area contributed by atoms with E-state index in [0.29, 0.717) is 26.8 Å².